The molecule has 7 heteroatoms. The number of hydrogen-bond donors (Lipinski definition) is 1. The number of nitrogens with one attached hydrogen (secondary N) is 1. The highest BCUT2D eigenvalue weighted by Crippen LogP contribution is 2.34. The Balaban J connectivity index is 2.82. The topological polar surface area (TPSA) is 73.0 Å². The zero-order valence-corrected chi connectivity index (χ0v) is 11.0. The van der Waals surface area contributed by atoms with E-state index in [1.807, 2.05) is 13.0 Å². The molecule has 1 N–H and O–H groups in total. The van der Waals surface area contributed by atoms with E-state index in [-0.39, 0.29) is 5.69 Å². The Morgan fingerprint density at radius 1 is 1.59 bits per heavy atom. The maximum atomic E-state index is 11.1. The first-order chi connectivity index (χ1) is 8.04. The Hall–Kier alpha value is -1.63. The van der Waals surface area contributed by atoms with Crippen molar-refractivity contribution in [3.63, 3.8) is 0 Å². The summed E-state index contributed by atoms with van der Waals surface area (Å²) in [7, 11) is 1.76. The molecular formula is C10H11BrN4O2. The van der Waals surface area contributed by atoms with Crippen LogP contribution in [0.1, 0.15) is 6.92 Å². The minimum absolute atomic E-state index is 0.0541. The van der Waals surface area contributed by atoms with Gasteiger partial charge in [-0.25, -0.2) is 0 Å². The number of halogens is 1. The first kappa shape index (κ1) is 11.8. The van der Waals surface area contributed by atoms with E-state index in [9.17, 15) is 10.1 Å². The predicted molar refractivity (Wildman–Crippen MR) is 69.2 cm³/mol. The molecule has 0 aliphatic carbocycles. The third-order valence-corrected chi connectivity index (χ3v) is 2.90. The highest BCUT2D eigenvalue weighted by Gasteiger charge is 2.20. The lowest BCUT2D eigenvalue weighted by atomic mass is 10.2. The van der Waals surface area contributed by atoms with Crippen LogP contribution in [0.2, 0.25) is 0 Å². The fraction of sp³-hybridized carbons (Fsp3) is 0.300. The number of nitro benzene ring substituents is 1. The molecule has 6 nitrogen and oxygen atoms in total. The Kier molecular flexibility index (Phi) is 3.01. The molecule has 17 heavy (non-hydrogen) atoms. The van der Waals surface area contributed by atoms with Gasteiger partial charge < -0.3 is 5.32 Å². The minimum atomic E-state index is -0.393. The fourth-order valence-electron chi connectivity index (χ4n) is 1.77. The van der Waals surface area contributed by atoms with Gasteiger partial charge in [0.1, 0.15) is 5.39 Å². The van der Waals surface area contributed by atoms with Crippen LogP contribution in [-0.2, 0) is 7.05 Å². The number of nitrogens with zero attached hydrogens (tertiary/aromatic N) is 3. The standard InChI is InChI=1S/C10H11BrN4O2/c1-3-12-10-9-7(14(2)13-10)4-6(11)5-8(9)15(16)17/h4-5H,3H2,1-2H3,(H,12,13). The van der Waals surface area contributed by atoms with Crippen molar-refractivity contribution in [1.29, 1.82) is 0 Å². The first-order valence-electron chi connectivity index (χ1n) is 5.09. The number of aromatic nitrogens is 2. The van der Waals surface area contributed by atoms with Crippen molar-refractivity contribution in [2.75, 3.05) is 11.9 Å². The Labute approximate surface area is 106 Å². The molecule has 0 saturated heterocycles. The molecule has 2 aromatic rings. The van der Waals surface area contributed by atoms with Crippen LogP contribution in [0.4, 0.5) is 11.5 Å². The molecule has 0 aliphatic heterocycles. The lowest BCUT2D eigenvalue weighted by molar-refractivity contribution is -0.383. The summed E-state index contributed by atoms with van der Waals surface area (Å²) in [6.45, 7) is 2.59. The largest absolute Gasteiger partial charge is 0.368 e. The lowest BCUT2D eigenvalue weighted by Gasteiger charge is -2.00. The summed E-state index contributed by atoms with van der Waals surface area (Å²) in [5.41, 5.74) is 0.778. The second kappa shape index (κ2) is 4.33. The van der Waals surface area contributed by atoms with Gasteiger partial charge in [-0.1, -0.05) is 15.9 Å². The number of aryl methyl sites for hydroxylation is 1. The van der Waals surface area contributed by atoms with Crippen LogP contribution in [0, 0.1) is 10.1 Å². The second-order valence-corrected chi connectivity index (χ2v) is 4.49. The Morgan fingerprint density at radius 2 is 2.29 bits per heavy atom. The molecule has 0 unspecified atom stereocenters. The number of hydrogen-bond acceptors (Lipinski definition) is 4. The predicted octanol–water partition coefficient (Wildman–Crippen LogP) is 2.68. The number of nitro groups is 1. The highest BCUT2D eigenvalue weighted by molar-refractivity contribution is 9.10. The molecule has 1 aromatic carbocycles. The van der Waals surface area contributed by atoms with Crippen LogP contribution in [0.3, 0.4) is 0 Å². The van der Waals surface area contributed by atoms with E-state index in [1.54, 1.807) is 11.7 Å². The molecule has 90 valence electrons. The molecule has 0 atom stereocenters. The van der Waals surface area contributed by atoms with Crippen LogP contribution < -0.4 is 5.32 Å². The van der Waals surface area contributed by atoms with Crippen LogP contribution in [0.5, 0.6) is 0 Å². The monoisotopic (exact) mass is 298 g/mol. The molecule has 0 aliphatic rings. The van der Waals surface area contributed by atoms with Gasteiger partial charge in [-0.15, -0.1) is 0 Å². The molecule has 0 fully saturated rings. The maximum Gasteiger partial charge on any atom is 0.283 e. The highest BCUT2D eigenvalue weighted by atomic mass is 79.9. The first-order valence-corrected chi connectivity index (χ1v) is 5.88. The zero-order valence-electron chi connectivity index (χ0n) is 9.40. The van der Waals surface area contributed by atoms with E-state index < -0.39 is 4.92 Å². The van der Waals surface area contributed by atoms with Crippen molar-refractivity contribution in [3.05, 3.63) is 26.7 Å². The quantitative estimate of drug-likeness (QED) is 0.698. The van der Waals surface area contributed by atoms with E-state index >= 15 is 0 Å². The number of fused-ring (bicyclic) bond motifs is 1. The fourth-order valence-corrected chi connectivity index (χ4v) is 2.20. The molecule has 0 spiro atoms. The summed E-state index contributed by atoms with van der Waals surface area (Å²) in [6.07, 6.45) is 0. The summed E-state index contributed by atoms with van der Waals surface area (Å²) < 4.78 is 2.30. The molecule has 2 rings (SSSR count). The number of rotatable bonds is 3. The number of anilines is 1. The summed E-state index contributed by atoms with van der Waals surface area (Å²) in [5.74, 6) is 0.546. The minimum Gasteiger partial charge on any atom is -0.368 e. The van der Waals surface area contributed by atoms with Crippen LogP contribution in [0.15, 0.2) is 16.6 Å². The smallest absolute Gasteiger partial charge is 0.283 e. The van der Waals surface area contributed by atoms with Gasteiger partial charge in [-0.05, 0) is 13.0 Å². The summed E-state index contributed by atoms with van der Waals surface area (Å²) in [4.78, 5) is 10.7. The SMILES string of the molecule is CCNc1nn(C)c2cc(Br)cc([N+](=O)[O-])c12. The average Bonchev–Trinajstić information content (AvgIpc) is 2.55. The second-order valence-electron chi connectivity index (χ2n) is 3.58. The molecule has 0 amide bonds. The summed E-state index contributed by atoms with van der Waals surface area (Å²) in [6, 6.07) is 3.31. The zero-order chi connectivity index (χ0) is 12.6. The van der Waals surface area contributed by atoms with E-state index in [0.717, 1.165) is 5.52 Å². The van der Waals surface area contributed by atoms with E-state index in [4.69, 9.17) is 0 Å². The van der Waals surface area contributed by atoms with Gasteiger partial charge in [0.05, 0.1) is 10.4 Å². The third kappa shape index (κ3) is 1.97. The van der Waals surface area contributed by atoms with Crippen LogP contribution in [0.25, 0.3) is 10.9 Å². The van der Waals surface area contributed by atoms with Gasteiger partial charge in [0, 0.05) is 24.1 Å². The van der Waals surface area contributed by atoms with Gasteiger partial charge >= 0.3 is 0 Å². The number of non-ortho nitro benzene ring substituents is 1. The van der Waals surface area contributed by atoms with Crippen molar-refractivity contribution in [3.8, 4) is 0 Å². The lowest BCUT2D eigenvalue weighted by Crippen LogP contribution is -1.99. The van der Waals surface area contributed by atoms with E-state index in [0.29, 0.717) is 22.2 Å². The third-order valence-electron chi connectivity index (χ3n) is 2.44. The van der Waals surface area contributed by atoms with Crippen molar-refractivity contribution in [2.45, 2.75) is 6.92 Å². The van der Waals surface area contributed by atoms with E-state index in [1.165, 1.54) is 6.07 Å². The average molecular weight is 299 g/mol. The van der Waals surface area contributed by atoms with Gasteiger partial charge in [-0.2, -0.15) is 5.10 Å². The number of benzene rings is 1. The maximum absolute atomic E-state index is 11.1. The molecule has 0 radical (unpaired) electrons. The Bertz CT molecular complexity index is 593. The molecule has 1 aromatic heterocycles. The Morgan fingerprint density at radius 3 is 2.88 bits per heavy atom. The van der Waals surface area contributed by atoms with Gasteiger partial charge in [0.25, 0.3) is 5.69 Å². The van der Waals surface area contributed by atoms with Crippen LogP contribution in [-0.4, -0.2) is 21.2 Å². The van der Waals surface area contributed by atoms with Crippen LogP contribution >= 0.6 is 15.9 Å². The summed E-state index contributed by atoms with van der Waals surface area (Å²) >= 11 is 3.27. The van der Waals surface area contributed by atoms with Gasteiger partial charge in [0.15, 0.2) is 5.82 Å². The van der Waals surface area contributed by atoms with Gasteiger partial charge in [0.2, 0.25) is 0 Å². The van der Waals surface area contributed by atoms with Crippen molar-refractivity contribution in [2.24, 2.45) is 7.05 Å². The molecule has 0 saturated carbocycles. The normalized spacial score (nSPS) is 10.8. The molecule has 0 bridgehead atoms. The van der Waals surface area contributed by atoms with Crippen molar-refractivity contribution in [1.82, 2.24) is 9.78 Å². The van der Waals surface area contributed by atoms with Crippen molar-refractivity contribution < 1.29 is 4.92 Å². The van der Waals surface area contributed by atoms with Gasteiger partial charge in [-0.3, -0.25) is 14.8 Å². The molecule has 1 heterocycles. The van der Waals surface area contributed by atoms with Crippen molar-refractivity contribution >= 4 is 38.3 Å². The summed E-state index contributed by atoms with van der Waals surface area (Å²) in [5, 5.41) is 18.9. The molecular weight excluding hydrogens is 288 g/mol. The van der Waals surface area contributed by atoms with E-state index in [2.05, 4.69) is 26.3 Å².